The van der Waals surface area contributed by atoms with Crippen LogP contribution < -0.4 is 9.47 Å². The highest BCUT2D eigenvalue weighted by atomic mass is 19.4. The topological polar surface area (TPSA) is 85.4 Å². The van der Waals surface area contributed by atoms with Crippen molar-refractivity contribution in [2.45, 2.75) is 102 Å². The summed E-state index contributed by atoms with van der Waals surface area (Å²) in [6.07, 6.45) is 2.27. The van der Waals surface area contributed by atoms with Crippen molar-refractivity contribution in [1.29, 1.82) is 0 Å². The first-order chi connectivity index (χ1) is 23.2. The van der Waals surface area contributed by atoms with Crippen LogP contribution in [-0.2, 0) is 37.1 Å². The van der Waals surface area contributed by atoms with Gasteiger partial charge in [0.1, 0.15) is 11.7 Å². The van der Waals surface area contributed by atoms with E-state index in [1.54, 1.807) is 11.0 Å². The maximum absolute atomic E-state index is 14.2. The zero-order chi connectivity index (χ0) is 34.9. The number of benzene rings is 2. The second kappa shape index (κ2) is 12.2. The molecular weight excluding hydrogens is 637 g/mol. The van der Waals surface area contributed by atoms with Crippen LogP contribution in [0.25, 0.3) is 6.08 Å². The van der Waals surface area contributed by atoms with E-state index in [4.69, 9.17) is 14.2 Å². The molecule has 49 heavy (non-hydrogen) atoms. The number of piperidine rings is 1. The lowest BCUT2D eigenvalue weighted by atomic mass is 9.48. The summed E-state index contributed by atoms with van der Waals surface area (Å²) in [5.74, 6) is 0.259. The van der Waals surface area contributed by atoms with Crippen LogP contribution >= 0.6 is 0 Å². The lowest BCUT2D eigenvalue weighted by molar-refractivity contribution is -0.224. The molecule has 2 saturated carbocycles. The van der Waals surface area contributed by atoms with E-state index >= 15 is 0 Å². The first-order valence-electron chi connectivity index (χ1n) is 17.3. The molecule has 1 saturated heterocycles. The predicted molar refractivity (Wildman–Crippen MR) is 175 cm³/mol. The number of esters is 2. The van der Waals surface area contributed by atoms with Gasteiger partial charge < -0.3 is 19.1 Å². The summed E-state index contributed by atoms with van der Waals surface area (Å²) >= 11 is 0. The molecule has 262 valence electrons. The molecule has 5 atom stereocenters. The van der Waals surface area contributed by atoms with Gasteiger partial charge >= 0.3 is 18.1 Å². The Morgan fingerprint density at radius 3 is 2.53 bits per heavy atom. The Kier molecular flexibility index (Phi) is 8.36. The van der Waals surface area contributed by atoms with Crippen LogP contribution in [0.4, 0.5) is 13.2 Å². The number of ether oxygens (including phenoxy) is 3. The molecule has 7 rings (SSSR count). The van der Waals surface area contributed by atoms with Crippen LogP contribution in [0.5, 0.6) is 11.5 Å². The van der Waals surface area contributed by atoms with E-state index in [9.17, 15) is 27.6 Å². The first-order valence-corrected chi connectivity index (χ1v) is 17.3. The summed E-state index contributed by atoms with van der Waals surface area (Å²) in [7, 11) is 0. The van der Waals surface area contributed by atoms with Crippen molar-refractivity contribution in [3.05, 3.63) is 64.7 Å². The largest absolute Gasteiger partial charge is 0.483 e. The number of rotatable bonds is 9. The third kappa shape index (κ3) is 5.71. The molecule has 8 nitrogen and oxygen atoms in total. The fourth-order valence-corrected chi connectivity index (χ4v) is 9.30. The van der Waals surface area contributed by atoms with E-state index < -0.39 is 40.9 Å². The molecule has 11 heteroatoms. The summed E-state index contributed by atoms with van der Waals surface area (Å²) < 4.78 is 59.5. The molecule has 2 aromatic carbocycles. The van der Waals surface area contributed by atoms with E-state index in [2.05, 4.69) is 4.90 Å². The number of amides is 1. The maximum atomic E-state index is 14.2. The quantitative estimate of drug-likeness (QED) is 0.174. The zero-order valence-electron chi connectivity index (χ0n) is 28.3. The van der Waals surface area contributed by atoms with Crippen LogP contribution in [0, 0.1) is 11.8 Å². The SMILES string of the molecule is CC(=O)Oc1ccc2c3c1OC1C(N(CC(C)C)C(=O)C=Cc4cccc(C(F)(F)F)c4)CC[C@@]4(OC(C)=O)[C@@H](C2)N(CC2CC2)CC[C@]314. The van der Waals surface area contributed by atoms with Gasteiger partial charge in [0.2, 0.25) is 5.91 Å². The molecule has 2 heterocycles. The number of nitrogens with zero attached hydrogens (tertiary/aromatic N) is 2. The third-order valence-corrected chi connectivity index (χ3v) is 11.1. The second-order valence-electron chi connectivity index (χ2n) is 14.9. The van der Waals surface area contributed by atoms with Gasteiger partial charge in [-0.15, -0.1) is 0 Å². The molecule has 1 amide bonds. The average Bonchev–Trinajstić information content (AvgIpc) is 3.77. The molecule has 2 aromatic rings. The molecule has 2 unspecified atom stereocenters. The van der Waals surface area contributed by atoms with Crippen molar-refractivity contribution < 1.29 is 41.8 Å². The smallest absolute Gasteiger partial charge is 0.416 e. The monoisotopic (exact) mass is 680 g/mol. The Bertz CT molecular complexity index is 1700. The summed E-state index contributed by atoms with van der Waals surface area (Å²) in [6.45, 7) is 8.88. The lowest BCUT2D eigenvalue weighted by Crippen LogP contribution is -2.79. The first kappa shape index (κ1) is 33.6. The lowest BCUT2D eigenvalue weighted by Gasteiger charge is -2.65. The molecule has 1 spiro atoms. The molecule has 0 N–H and O–H groups in total. The Balaban J connectivity index is 1.32. The van der Waals surface area contributed by atoms with Crippen molar-refractivity contribution in [2.75, 3.05) is 19.6 Å². The van der Waals surface area contributed by atoms with Gasteiger partial charge in [-0.3, -0.25) is 19.3 Å². The molecule has 0 radical (unpaired) electrons. The molecule has 5 aliphatic rings. The van der Waals surface area contributed by atoms with E-state index in [-0.39, 0.29) is 29.4 Å². The molecule has 2 aliphatic heterocycles. The molecule has 3 aliphatic carbocycles. The minimum absolute atomic E-state index is 0.0685. The number of hydrogen-bond acceptors (Lipinski definition) is 7. The van der Waals surface area contributed by atoms with E-state index in [1.165, 1.54) is 51.0 Å². The average molecular weight is 681 g/mol. The van der Waals surface area contributed by atoms with Gasteiger partial charge in [-0.1, -0.05) is 32.0 Å². The van der Waals surface area contributed by atoms with Crippen molar-refractivity contribution in [1.82, 2.24) is 9.80 Å². The molecule has 3 fully saturated rings. The van der Waals surface area contributed by atoms with Crippen LogP contribution in [-0.4, -0.2) is 71.1 Å². The summed E-state index contributed by atoms with van der Waals surface area (Å²) in [5, 5.41) is 0. The molecular formula is C38H43F3N2O6. The Labute approximate surface area is 284 Å². The van der Waals surface area contributed by atoms with Crippen LogP contribution in [0.1, 0.15) is 82.1 Å². The Morgan fingerprint density at radius 2 is 1.86 bits per heavy atom. The number of carbonyl (C=O) groups is 3. The van der Waals surface area contributed by atoms with Gasteiger partial charge in [-0.25, -0.2) is 0 Å². The number of alkyl halides is 3. The fraction of sp³-hybridized carbons (Fsp3) is 0.553. The highest BCUT2D eigenvalue weighted by molar-refractivity contribution is 5.92. The summed E-state index contributed by atoms with van der Waals surface area (Å²) in [6, 6.07) is 8.10. The highest BCUT2D eigenvalue weighted by Crippen LogP contribution is 2.67. The van der Waals surface area contributed by atoms with Crippen molar-refractivity contribution >= 4 is 23.9 Å². The zero-order valence-corrected chi connectivity index (χ0v) is 28.3. The summed E-state index contributed by atoms with van der Waals surface area (Å²) in [5.41, 5.74) is -0.297. The minimum Gasteiger partial charge on any atom is -0.483 e. The Morgan fingerprint density at radius 1 is 1.08 bits per heavy atom. The predicted octanol–water partition coefficient (Wildman–Crippen LogP) is 6.33. The molecule has 0 aromatic heterocycles. The van der Waals surface area contributed by atoms with Gasteiger partial charge in [-0.05, 0) is 92.3 Å². The van der Waals surface area contributed by atoms with Crippen LogP contribution in [0.2, 0.25) is 0 Å². The van der Waals surface area contributed by atoms with Gasteiger partial charge in [0.25, 0.3) is 0 Å². The van der Waals surface area contributed by atoms with Gasteiger partial charge in [0.15, 0.2) is 11.5 Å². The number of likely N-dealkylation sites (tertiary alicyclic amines) is 1. The maximum Gasteiger partial charge on any atom is 0.416 e. The number of hydrogen-bond donors (Lipinski definition) is 0. The third-order valence-electron chi connectivity index (χ3n) is 11.1. The van der Waals surface area contributed by atoms with E-state index in [0.29, 0.717) is 49.6 Å². The van der Waals surface area contributed by atoms with E-state index in [0.717, 1.165) is 36.3 Å². The van der Waals surface area contributed by atoms with Crippen molar-refractivity contribution in [3.8, 4) is 11.5 Å². The summed E-state index contributed by atoms with van der Waals surface area (Å²) in [4.78, 5) is 43.8. The van der Waals surface area contributed by atoms with E-state index in [1.807, 2.05) is 19.9 Å². The molecule has 2 bridgehead atoms. The number of carbonyl (C=O) groups excluding carboxylic acids is 3. The number of halogens is 3. The van der Waals surface area contributed by atoms with Gasteiger partial charge in [-0.2, -0.15) is 13.2 Å². The highest BCUT2D eigenvalue weighted by Gasteiger charge is 2.76. The fourth-order valence-electron chi connectivity index (χ4n) is 9.30. The standard InChI is InChI=1S/C38H43F3N2O6/c1-22(2)20-43(32(46)13-10-25-6-5-7-28(18-25)38(39,40)41)29-14-15-37(49-24(4)45)31-19-27-11-12-30(47-23(3)44)34-33(27)36(37,35(29)48-34)16-17-42(31)21-26-8-9-26/h5-7,10-13,18,22,26,29,31,35H,8-9,14-17,19-21H2,1-4H3/t29?,31-,35?,36+,37-/m1/s1. The van der Waals surface area contributed by atoms with Crippen molar-refractivity contribution in [2.24, 2.45) is 11.8 Å². The van der Waals surface area contributed by atoms with Crippen LogP contribution in [0.3, 0.4) is 0 Å². The van der Waals surface area contributed by atoms with Crippen LogP contribution in [0.15, 0.2) is 42.5 Å². The van der Waals surface area contributed by atoms with Crippen molar-refractivity contribution in [3.63, 3.8) is 0 Å². The second-order valence-corrected chi connectivity index (χ2v) is 14.9. The van der Waals surface area contributed by atoms with Gasteiger partial charge in [0, 0.05) is 38.6 Å². The normalized spacial score (nSPS) is 28.6. The van der Waals surface area contributed by atoms with Gasteiger partial charge in [0.05, 0.1) is 23.1 Å². The minimum atomic E-state index is -4.50. The Hall–Kier alpha value is -3.86.